The summed E-state index contributed by atoms with van der Waals surface area (Å²) >= 11 is 1.53. The Labute approximate surface area is 336 Å². The highest BCUT2D eigenvalue weighted by atomic mass is 32.1. The molecule has 0 aliphatic heterocycles. The predicted octanol–water partition coefficient (Wildman–Crippen LogP) is 10.7. The van der Waals surface area contributed by atoms with E-state index < -0.39 is 35.7 Å². The molecule has 2 aromatic heterocycles. The summed E-state index contributed by atoms with van der Waals surface area (Å²) < 4.78 is 45.5. The molecule has 0 bridgehead atoms. The largest absolute Gasteiger partial charge is 0.494 e. The van der Waals surface area contributed by atoms with E-state index in [9.17, 15) is 27.9 Å². The third-order valence-corrected chi connectivity index (χ3v) is 11.0. The molecule has 0 aliphatic rings. The molecule has 2 heterocycles. The molecule has 8 nitrogen and oxygen atoms in total. The number of benzene rings is 3. The SMILES string of the molecule is C=C(N[C@@H](Cc1ccc(-c2ncc(-c3ccc(OCCCCCCC)cc3)cn2)cc1)C(=O)NC(C(=O)O)c1ccc(C(F)(F)F)cc1)c1ccc(C(C)(C)C)s1. The Bertz CT molecular complexity index is 2090. The molecule has 5 aromatic rings. The van der Waals surface area contributed by atoms with E-state index in [1.54, 1.807) is 12.4 Å². The lowest BCUT2D eigenvalue weighted by atomic mass is 9.95. The van der Waals surface area contributed by atoms with Crippen LogP contribution < -0.4 is 15.4 Å². The average Bonchev–Trinajstić information content (AvgIpc) is 3.70. The van der Waals surface area contributed by atoms with E-state index in [2.05, 4.69) is 54.9 Å². The number of unbranched alkanes of at least 4 members (excludes halogenated alkanes) is 4. The number of nitrogens with one attached hydrogen (secondary N) is 2. The van der Waals surface area contributed by atoms with Crippen LogP contribution in [0.25, 0.3) is 28.2 Å². The highest BCUT2D eigenvalue weighted by molar-refractivity contribution is 7.13. The second-order valence-electron chi connectivity index (χ2n) is 15.0. The average molecular weight is 799 g/mol. The summed E-state index contributed by atoms with van der Waals surface area (Å²) in [6.07, 6.45) is 4.99. The van der Waals surface area contributed by atoms with Gasteiger partial charge in [-0.1, -0.05) is 108 Å². The van der Waals surface area contributed by atoms with E-state index in [1.807, 2.05) is 60.7 Å². The van der Waals surface area contributed by atoms with E-state index in [-0.39, 0.29) is 17.4 Å². The minimum Gasteiger partial charge on any atom is -0.494 e. The Hall–Kier alpha value is -5.49. The number of aliphatic carboxylic acids is 1. The monoisotopic (exact) mass is 798 g/mol. The van der Waals surface area contributed by atoms with Gasteiger partial charge in [-0.15, -0.1) is 11.3 Å². The van der Waals surface area contributed by atoms with Gasteiger partial charge in [0.1, 0.15) is 11.8 Å². The highest BCUT2D eigenvalue weighted by Crippen LogP contribution is 2.33. The second kappa shape index (κ2) is 19.1. The quantitative estimate of drug-likeness (QED) is 0.0757. The number of hydrogen-bond acceptors (Lipinski definition) is 7. The molecule has 57 heavy (non-hydrogen) atoms. The maximum atomic E-state index is 13.9. The molecule has 0 fully saturated rings. The molecule has 300 valence electrons. The zero-order valence-corrected chi connectivity index (χ0v) is 33.5. The van der Waals surface area contributed by atoms with Crippen molar-refractivity contribution in [3.05, 3.63) is 130 Å². The molecular weight excluding hydrogens is 750 g/mol. The number of aromatic nitrogens is 2. The number of carbonyl (C=O) groups excluding carboxylic acids is 1. The summed E-state index contributed by atoms with van der Waals surface area (Å²) in [5, 5.41) is 15.7. The molecule has 2 atom stereocenters. The normalized spacial score (nSPS) is 12.8. The number of carbonyl (C=O) groups is 2. The highest BCUT2D eigenvalue weighted by Gasteiger charge is 2.32. The molecule has 0 spiro atoms. The van der Waals surface area contributed by atoms with Crippen molar-refractivity contribution in [3.8, 4) is 28.3 Å². The van der Waals surface area contributed by atoms with Crippen molar-refractivity contribution < 1.29 is 32.6 Å². The minimum absolute atomic E-state index is 0.000553. The number of rotatable bonds is 18. The van der Waals surface area contributed by atoms with Crippen molar-refractivity contribution in [2.45, 2.75) is 89.9 Å². The van der Waals surface area contributed by atoms with Crippen molar-refractivity contribution in [2.75, 3.05) is 6.61 Å². The van der Waals surface area contributed by atoms with Crippen molar-refractivity contribution in [1.82, 2.24) is 20.6 Å². The van der Waals surface area contributed by atoms with Crippen molar-refractivity contribution in [1.29, 1.82) is 0 Å². The van der Waals surface area contributed by atoms with Crippen LogP contribution in [-0.2, 0) is 27.6 Å². The Balaban J connectivity index is 1.29. The lowest BCUT2D eigenvalue weighted by molar-refractivity contribution is -0.142. The Kier molecular flexibility index (Phi) is 14.3. The number of amides is 1. The molecule has 5 rings (SSSR count). The van der Waals surface area contributed by atoms with E-state index >= 15 is 0 Å². The van der Waals surface area contributed by atoms with E-state index in [1.165, 1.54) is 37.0 Å². The molecule has 0 radical (unpaired) electrons. The maximum Gasteiger partial charge on any atom is 0.416 e. The fourth-order valence-corrected chi connectivity index (χ4v) is 7.08. The third kappa shape index (κ3) is 12.0. The van der Waals surface area contributed by atoms with E-state index in [0.717, 1.165) is 68.4 Å². The van der Waals surface area contributed by atoms with Gasteiger partial charge in [0.2, 0.25) is 5.91 Å². The van der Waals surface area contributed by atoms with E-state index in [0.29, 0.717) is 18.1 Å². The number of alkyl halides is 3. The molecule has 3 N–H and O–H groups in total. The number of carboxylic acids is 1. The van der Waals surface area contributed by atoms with Gasteiger partial charge >= 0.3 is 12.1 Å². The van der Waals surface area contributed by atoms with Gasteiger partial charge in [0.05, 0.1) is 12.2 Å². The third-order valence-electron chi connectivity index (χ3n) is 9.42. The van der Waals surface area contributed by atoms with Gasteiger partial charge < -0.3 is 20.5 Å². The van der Waals surface area contributed by atoms with Crippen LogP contribution in [0.4, 0.5) is 13.2 Å². The fourth-order valence-electron chi connectivity index (χ4n) is 6.08. The lowest BCUT2D eigenvalue weighted by Gasteiger charge is -2.23. The molecule has 0 saturated heterocycles. The fraction of sp³-hybridized carbons (Fsp3) is 0.333. The smallest absolute Gasteiger partial charge is 0.416 e. The lowest BCUT2D eigenvalue weighted by Crippen LogP contribution is -2.47. The Morgan fingerprint density at radius 1 is 0.807 bits per heavy atom. The van der Waals surface area contributed by atoms with Gasteiger partial charge in [0, 0.05) is 45.4 Å². The molecule has 0 saturated carbocycles. The van der Waals surface area contributed by atoms with Crippen LogP contribution in [0.1, 0.15) is 92.3 Å². The Morgan fingerprint density at radius 3 is 2.02 bits per heavy atom. The molecule has 0 aliphatic carbocycles. The molecule has 12 heteroatoms. The number of carboxylic acid groups (broad SMARTS) is 1. The Morgan fingerprint density at radius 2 is 1.44 bits per heavy atom. The number of thiophene rings is 1. The summed E-state index contributed by atoms with van der Waals surface area (Å²) in [5.41, 5.74) is 2.78. The summed E-state index contributed by atoms with van der Waals surface area (Å²) in [6, 6.07) is 20.3. The van der Waals surface area contributed by atoms with Gasteiger partial charge in [-0.2, -0.15) is 13.2 Å². The summed E-state index contributed by atoms with van der Waals surface area (Å²) in [5.74, 6) is -0.741. The van der Waals surface area contributed by atoms with Crippen molar-refractivity contribution in [2.24, 2.45) is 0 Å². The van der Waals surface area contributed by atoms with Crippen LogP contribution in [0.2, 0.25) is 0 Å². The number of nitrogens with zero attached hydrogens (tertiary/aromatic N) is 2. The number of ether oxygens (including phenoxy) is 1. The summed E-state index contributed by atoms with van der Waals surface area (Å²) in [7, 11) is 0. The first-order chi connectivity index (χ1) is 27.1. The maximum absolute atomic E-state index is 13.9. The van der Waals surface area contributed by atoms with Crippen LogP contribution in [-0.4, -0.2) is 39.6 Å². The first kappa shape index (κ1) is 42.6. The second-order valence-corrected chi connectivity index (χ2v) is 16.1. The number of hydrogen-bond donors (Lipinski definition) is 3. The number of halogens is 3. The standard InChI is InChI=1S/C45H49F3N4O4S/c1-6-7-8-9-10-25-56-36-21-17-31(18-22-36)34-27-49-41(50-28-34)33-13-11-30(12-14-33)26-37(51-29(2)38-23-24-39(57-38)44(3,4)5)42(53)52-40(43(54)55)32-15-19-35(20-16-32)45(46,47)48/h11-24,27-28,37,40,51H,2,6-10,25-26H2,1,3-5H3,(H,52,53)(H,54,55)/t37-,40?/m0/s1. The van der Waals surface area contributed by atoms with Crippen molar-refractivity contribution >= 4 is 28.9 Å². The zero-order valence-electron chi connectivity index (χ0n) is 32.7. The van der Waals surface area contributed by atoms with Gasteiger partial charge in [0.15, 0.2) is 11.9 Å². The summed E-state index contributed by atoms with van der Waals surface area (Å²) in [4.78, 5) is 37.3. The summed E-state index contributed by atoms with van der Waals surface area (Å²) in [6.45, 7) is 13.4. The molecular formula is C45H49F3N4O4S. The van der Waals surface area contributed by atoms with Crippen LogP contribution in [0.5, 0.6) is 5.75 Å². The molecule has 3 aromatic carbocycles. The van der Waals surface area contributed by atoms with Gasteiger partial charge in [-0.25, -0.2) is 14.8 Å². The zero-order chi connectivity index (χ0) is 41.2. The van der Waals surface area contributed by atoms with Crippen LogP contribution in [0.15, 0.2) is 104 Å². The van der Waals surface area contributed by atoms with Gasteiger partial charge in [-0.05, 0) is 64.9 Å². The van der Waals surface area contributed by atoms with E-state index in [4.69, 9.17) is 4.74 Å². The minimum atomic E-state index is -4.59. The van der Waals surface area contributed by atoms with Crippen molar-refractivity contribution in [3.63, 3.8) is 0 Å². The molecule has 1 amide bonds. The first-order valence-electron chi connectivity index (χ1n) is 19.0. The topological polar surface area (TPSA) is 113 Å². The van der Waals surface area contributed by atoms with Crippen LogP contribution in [0, 0.1) is 0 Å². The molecule has 1 unspecified atom stereocenters. The van der Waals surface area contributed by atoms with Crippen LogP contribution in [0.3, 0.4) is 0 Å². The predicted molar refractivity (Wildman–Crippen MR) is 220 cm³/mol. The first-order valence-corrected chi connectivity index (χ1v) is 19.8. The van der Waals surface area contributed by atoms with Crippen LogP contribution >= 0.6 is 11.3 Å². The van der Waals surface area contributed by atoms with Gasteiger partial charge in [0.25, 0.3) is 0 Å². The van der Waals surface area contributed by atoms with Gasteiger partial charge in [-0.3, -0.25) is 4.79 Å².